The Labute approximate surface area is 121 Å². The topological polar surface area (TPSA) is 99.4 Å². The molecule has 0 fully saturated rings. The highest BCUT2D eigenvalue weighted by Gasteiger charge is 2.15. The number of hydrogen-bond acceptors (Lipinski definition) is 6. The third kappa shape index (κ3) is 2.71. The van der Waals surface area contributed by atoms with Crippen molar-refractivity contribution in [3.8, 4) is 12.1 Å². The summed E-state index contributed by atoms with van der Waals surface area (Å²) in [4.78, 5) is 8.20. The fraction of sp³-hybridized carbons (Fsp3) is 0.143. The first-order valence-electron chi connectivity index (χ1n) is 5.79. The van der Waals surface area contributed by atoms with Gasteiger partial charge in [-0.05, 0) is 24.1 Å². The third-order valence-electron chi connectivity index (χ3n) is 2.76. The van der Waals surface area contributed by atoms with Gasteiger partial charge in [-0.1, -0.05) is 6.07 Å². The van der Waals surface area contributed by atoms with Crippen LogP contribution in [0.15, 0.2) is 29.6 Å². The van der Waals surface area contributed by atoms with E-state index < -0.39 is 0 Å². The second-order valence-electron chi connectivity index (χ2n) is 4.05. The molecule has 0 spiro atoms. The van der Waals surface area contributed by atoms with Crippen molar-refractivity contribution in [2.75, 3.05) is 5.73 Å². The molecule has 20 heavy (non-hydrogen) atoms. The average molecular weight is 281 g/mol. The van der Waals surface area contributed by atoms with E-state index >= 15 is 0 Å². The van der Waals surface area contributed by atoms with E-state index in [0.717, 1.165) is 5.56 Å². The summed E-state index contributed by atoms with van der Waals surface area (Å²) in [7, 11) is 0. The molecule has 0 unspecified atom stereocenters. The highest BCUT2D eigenvalue weighted by atomic mass is 32.2. The molecule has 2 aromatic rings. The van der Waals surface area contributed by atoms with Gasteiger partial charge >= 0.3 is 0 Å². The summed E-state index contributed by atoms with van der Waals surface area (Å²) < 4.78 is 0. The third-order valence-corrected chi connectivity index (χ3v) is 3.81. The predicted molar refractivity (Wildman–Crippen MR) is 76.6 cm³/mol. The van der Waals surface area contributed by atoms with Gasteiger partial charge in [0, 0.05) is 18.1 Å². The second-order valence-corrected chi connectivity index (χ2v) is 5.01. The van der Waals surface area contributed by atoms with Crippen molar-refractivity contribution in [3.63, 3.8) is 0 Å². The lowest BCUT2D eigenvalue weighted by molar-refractivity contribution is 1.08. The monoisotopic (exact) mass is 281 g/mol. The van der Waals surface area contributed by atoms with Gasteiger partial charge in [0.1, 0.15) is 23.0 Å². The van der Waals surface area contributed by atoms with Gasteiger partial charge in [-0.2, -0.15) is 10.5 Å². The molecule has 2 N–H and O–H groups in total. The van der Waals surface area contributed by atoms with Crippen molar-refractivity contribution < 1.29 is 0 Å². The van der Waals surface area contributed by atoms with E-state index in [1.165, 1.54) is 11.8 Å². The van der Waals surface area contributed by atoms with E-state index in [-0.39, 0.29) is 11.4 Å². The Bertz CT molecular complexity index is 713. The summed E-state index contributed by atoms with van der Waals surface area (Å²) in [6.45, 7) is 1.71. The van der Waals surface area contributed by atoms with Crippen molar-refractivity contribution >= 4 is 17.6 Å². The van der Waals surface area contributed by atoms with Crippen molar-refractivity contribution in [2.45, 2.75) is 17.7 Å². The Morgan fingerprint density at radius 1 is 1.30 bits per heavy atom. The van der Waals surface area contributed by atoms with Crippen LogP contribution in [0.4, 0.5) is 5.82 Å². The second kappa shape index (κ2) is 6.05. The van der Waals surface area contributed by atoms with Gasteiger partial charge in [0.05, 0.1) is 11.1 Å². The van der Waals surface area contributed by atoms with Crippen LogP contribution < -0.4 is 5.73 Å². The number of anilines is 1. The number of pyridine rings is 2. The number of rotatable bonds is 3. The molecule has 2 heterocycles. The van der Waals surface area contributed by atoms with Gasteiger partial charge in [0.2, 0.25) is 0 Å². The quantitative estimate of drug-likeness (QED) is 0.867. The number of nitrogens with zero attached hydrogens (tertiary/aromatic N) is 4. The normalized spacial score (nSPS) is 9.75. The number of nitrogens with two attached hydrogens (primary N) is 1. The van der Waals surface area contributed by atoms with E-state index in [1.54, 1.807) is 19.3 Å². The average Bonchev–Trinajstić information content (AvgIpc) is 2.46. The summed E-state index contributed by atoms with van der Waals surface area (Å²) in [5.41, 5.74) is 8.05. The van der Waals surface area contributed by atoms with Crippen LogP contribution in [0.2, 0.25) is 0 Å². The molecular weight excluding hydrogens is 270 g/mol. The zero-order valence-corrected chi connectivity index (χ0v) is 11.6. The molecule has 2 aromatic heterocycles. The minimum atomic E-state index is 0.165. The Morgan fingerprint density at radius 2 is 2.05 bits per heavy atom. The van der Waals surface area contributed by atoms with Gasteiger partial charge in [-0.15, -0.1) is 11.8 Å². The molecule has 0 aliphatic rings. The molecule has 98 valence electrons. The molecule has 0 bridgehead atoms. The van der Waals surface area contributed by atoms with Crippen molar-refractivity contribution in [1.29, 1.82) is 10.5 Å². The minimum Gasteiger partial charge on any atom is -0.383 e. The Hall–Kier alpha value is -2.57. The van der Waals surface area contributed by atoms with Gasteiger partial charge in [0.15, 0.2) is 0 Å². The van der Waals surface area contributed by atoms with Crippen LogP contribution in [0.3, 0.4) is 0 Å². The largest absolute Gasteiger partial charge is 0.383 e. The molecule has 0 aliphatic carbocycles. The van der Waals surface area contributed by atoms with Crippen LogP contribution in [0, 0.1) is 29.6 Å². The Morgan fingerprint density at radius 3 is 2.65 bits per heavy atom. The summed E-state index contributed by atoms with van der Waals surface area (Å²) in [6, 6.07) is 7.88. The van der Waals surface area contributed by atoms with Crippen molar-refractivity contribution in [1.82, 2.24) is 9.97 Å². The van der Waals surface area contributed by atoms with Crippen LogP contribution in [-0.4, -0.2) is 9.97 Å². The summed E-state index contributed by atoms with van der Waals surface area (Å²) in [5.74, 6) is 0.804. The lowest BCUT2D eigenvalue weighted by Gasteiger charge is -2.09. The van der Waals surface area contributed by atoms with Gasteiger partial charge in [0.25, 0.3) is 0 Å². The zero-order valence-electron chi connectivity index (χ0n) is 10.8. The van der Waals surface area contributed by atoms with Crippen LogP contribution in [-0.2, 0) is 5.75 Å². The molecule has 0 aliphatic heterocycles. The molecule has 6 heteroatoms. The number of aromatic nitrogens is 2. The molecule has 2 rings (SSSR count). The summed E-state index contributed by atoms with van der Waals surface area (Å²) in [6.07, 6.45) is 3.47. The SMILES string of the molecule is Cc1c(C#N)c(N)nc(SCc2cccnc2)c1C#N. The fourth-order valence-electron chi connectivity index (χ4n) is 1.71. The first kappa shape index (κ1) is 13.9. The highest BCUT2D eigenvalue weighted by Crippen LogP contribution is 2.29. The van der Waals surface area contributed by atoms with E-state index in [1.807, 2.05) is 18.2 Å². The molecule has 0 radical (unpaired) electrons. The Kier molecular flexibility index (Phi) is 4.19. The van der Waals surface area contributed by atoms with Gasteiger partial charge in [-0.25, -0.2) is 4.98 Å². The maximum absolute atomic E-state index is 9.24. The maximum atomic E-state index is 9.24. The fourth-order valence-corrected chi connectivity index (χ4v) is 2.69. The molecular formula is C14H11N5S. The van der Waals surface area contributed by atoms with Crippen LogP contribution in [0.1, 0.15) is 22.3 Å². The van der Waals surface area contributed by atoms with Crippen LogP contribution in [0.25, 0.3) is 0 Å². The van der Waals surface area contributed by atoms with E-state index in [4.69, 9.17) is 11.0 Å². The van der Waals surface area contributed by atoms with E-state index in [2.05, 4.69) is 16.0 Å². The van der Waals surface area contributed by atoms with Crippen LogP contribution >= 0.6 is 11.8 Å². The standard InChI is InChI=1S/C14H11N5S/c1-9-11(5-15)13(17)19-14(12(9)6-16)20-8-10-3-2-4-18-7-10/h2-4,7H,8H2,1H3,(H2,17,19). The summed E-state index contributed by atoms with van der Waals surface area (Å²) in [5, 5.41) is 18.8. The lowest BCUT2D eigenvalue weighted by Crippen LogP contribution is -2.03. The number of hydrogen-bond donors (Lipinski definition) is 1. The predicted octanol–water partition coefficient (Wildman–Crippen LogP) is 2.40. The van der Waals surface area contributed by atoms with Gasteiger partial charge < -0.3 is 5.73 Å². The molecule has 5 nitrogen and oxygen atoms in total. The minimum absolute atomic E-state index is 0.165. The molecule has 0 atom stereocenters. The molecule has 0 saturated heterocycles. The molecule has 0 amide bonds. The number of nitriles is 2. The lowest BCUT2D eigenvalue weighted by atomic mass is 10.1. The Balaban J connectivity index is 2.34. The maximum Gasteiger partial charge on any atom is 0.143 e. The number of thioether (sulfide) groups is 1. The first-order valence-corrected chi connectivity index (χ1v) is 6.78. The molecule has 0 aromatic carbocycles. The van der Waals surface area contributed by atoms with Gasteiger partial charge in [-0.3, -0.25) is 4.98 Å². The molecule has 0 saturated carbocycles. The number of nitrogen functional groups attached to an aromatic ring is 1. The smallest absolute Gasteiger partial charge is 0.143 e. The van der Waals surface area contributed by atoms with E-state index in [9.17, 15) is 5.26 Å². The summed E-state index contributed by atoms with van der Waals surface area (Å²) >= 11 is 1.41. The van der Waals surface area contributed by atoms with Crippen molar-refractivity contribution in [3.05, 3.63) is 46.8 Å². The first-order chi connectivity index (χ1) is 9.67. The van der Waals surface area contributed by atoms with Crippen LogP contribution in [0.5, 0.6) is 0 Å². The van der Waals surface area contributed by atoms with E-state index in [0.29, 0.717) is 21.9 Å². The zero-order chi connectivity index (χ0) is 14.5. The highest BCUT2D eigenvalue weighted by molar-refractivity contribution is 7.98. The van der Waals surface area contributed by atoms with Crippen molar-refractivity contribution in [2.24, 2.45) is 0 Å².